The Morgan fingerprint density at radius 3 is 2.38 bits per heavy atom. The first-order chi connectivity index (χ1) is 13.9. The van der Waals surface area contributed by atoms with Crippen LogP contribution in [-0.4, -0.2) is 46.5 Å². The van der Waals surface area contributed by atoms with E-state index in [-0.39, 0.29) is 22.7 Å². The van der Waals surface area contributed by atoms with Crippen LogP contribution in [0, 0.1) is 34.5 Å². The van der Waals surface area contributed by atoms with E-state index in [0.717, 1.165) is 6.42 Å². The lowest BCUT2D eigenvalue weighted by atomic mass is 9.43. The van der Waals surface area contributed by atoms with Crippen molar-refractivity contribution in [2.45, 2.75) is 103 Å². The number of aliphatic hydroxyl groups excluding tert-OH is 2. The Labute approximate surface area is 177 Å². The number of piperidine rings is 1. The second-order valence-corrected chi connectivity index (χ2v) is 11.7. The summed E-state index contributed by atoms with van der Waals surface area (Å²) in [6, 6.07) is 0.627. The maximum Gasteiger partial charge on any atom is 0.0836 e. The van der Waals surface area contributed by atoms with Gasteiger partial charge in [-0.05, 0) is 112 Å². The van der Waals surface area contributed by atoms with Crippen LogP contribution in [0.4, 0.5) is 0 Å². The van der Waals surface area contributed by atoms with Gasteiger partial charge in [0.1, 0.15) is 0 Å². The highest BCUT2D eigenvalue weighted by Crippen LogP contribution is 2.67. The molecule has 0 aromatic carbocycles. The summed E-state index contributed by atoms with van der Waals surface area (Å²) in [5.41, 5.74) is 2.07. The van der Waals surface area contributed by atoms with Crippen molar-refractivity contribution in [1.82, 2.24) is 4.90 Å². The van der Waals surface area contributed by atoms with Crippen molar-refractivity contribution in [3.63, 3.8) is 0 Å². The van der Waals surface area contributed by atoms with Crippen LogP contribution in [-0.2, 0) is 0 Å². The van der Waals surface area contributed by atoms with Gasteiger partial charge < -0.3 is 15.1 Å². The Balaban J connectivity index is 1.42. The average Bonchev–Trinajstić information content (AvgIpc) is 3.08. The van der Waals surface area contributed by atoms with Crippen LogP contribution in [0.2, 0.25) is 0 Å². The summed E-state index contributed by atoms with van der Waals surface area (Å²) in [4.78, 5) is 2.71. The van der Waals surface area contributed by atoms with E-state index in [0.29, 0.717) is 17.9 Å². The molecule has 4 aliphatic carbocycles. The number of allylic oxidation sites excluding steroid dienone is 2. The topological polar surface area (TPSA) is 43.7 Å². The van der Waals surface area contributed by atoms with Crippen LogP contribution in [0.1, 0.15) is 85.0 Å². The zero-order chi connectivity index (χ0) is 20.4. The van der Waals surface area contributed by atoms with E-state index in [1.165, 1.54) is 70.9 Å². The summed E-state index contributed by atoms with van der Waals surface area (Å²) in [6.07, 6.45) is 13.9. The number of hydrogen-bond donors (Lipinski definition) is 2. The average molecular weight is 402 g/mol. The number of nitrogens with zero attached hydrogens (tertiary/aromatic N) is 1. The lowest BCUT2D eigenvalue weighted by Gasteiger charge is -2.64. The Morgan fingerprint density at radius 1 is 0.897 bits per heavy atom. The summed E-state index contributed by atoms with van der Waals surface area (Å²) in [5.74, 6) is 1.69. The molecule has 0 aromatic rings. The van der Waals surface area contributed by atoms with Crippen LogP contribution in [0.25, 0.3) is 0 Å². The van der Waals surface area contributed by atoms with Crippen LogP contribution in [0.3, 0.4) is 0 Å². The summed E-state index contributed by atoms with van der Waals surface area (Å²) in [7, 11) is 0. The molecule has 5 aliphatic rings. The van der Waals surface area contributed by atoms with Gasteiger partial charge in [0.15, 0.2) is 0 Å². The van der Waals surface area contributed by atoms with Crippen molar-refractivity contribution < 1.29 is 10.2 Å². The minimum Gasteiger partial charge on any atom is -0.390 e. The Bertz CT molecular complexity index is 655. The molecule has 5 fully saturated rings. The van der Waals surface area contributed by atoms with Crippen LogP contribution < -0.4 is 0 Å². The van der Waals surface area contributed by atoms with Gasteiger partial charge in [0.25, 0.3) is 0 Å². The highest BCUT2D eigenvalue weighted by Gasteiger charge is 2.64. The number of fused-ring (bicyclic) bond motifs is 5. The first kappa shape index (κ1) is 20.5. The van der Waals surface area contributed by atoms with Gasteiger partial charge in [0, 0.05) is 6.04 Å². The van der Waals surface area contributed by atoms with Gasteiger partial charge in [-0.3, -0.25) is 0 Å². The van der Waals surface area contributed by atoms with Gasteiger partial charge in [-0.25, -0.2) is 0 Å². The van der Waals surface area contributed by atoms with E-state index in [1.807, 2.05) is 0 Å². The Morgan fingerprint density at radius 2 is 1.66 bits per heavy atom. The predicted octanol–water partition coefficient (Wildman–Crippen LogP) is 4.77. The highest BCUT2D eigenvalue weighted by atomic mass is 16.3. The fraction of sp³-hybridized carbons (Fsp3) is 0.923. The minimum absolute atomic E-state index is 0.204. The first-order valence-corrected chi connectivity index (χ1v) is 12.7. The second kappa shape index (κ2) is 7.35. The van der Waals surface area contributed by atoms with E-state index < -0.39 is 12.2 Å². The molecular weight excluding hydrogens is 358 g/mol. The molecule has 1 heterocycles. The molecule has 0 aromatic heterocycles. The molecular formula is C26H43NO2. The van der Waals surface area contributed by atoms with E-state index in [2.05, 4.69) is 31.7 Å². The quantitative estimate of drug-likeness (QED) is 0.622. The Hall–Kier alpha value is -0.380. The van der Waals surface area contributed by atoms with Gasteiger partial charge in [0.2, 0.25) is 0 Å². The second-order valence-electron chi connectivity index (χ2n) is 11.7. The van der Waals surface area contributed by atoms with Crippen molar-refractivity contribution in [1.29, 1.82) is 0 Å². The lowest BCUT2D eigenvalue weighted by molar-refractivity contribution is -0.215. The van der Waals surface area contributed by atoms with Crippen molar-refractivity contribution in [3.8, 4) is 0 Å². The third kappa shape index (κ3) is 2.93. The number of aliphatic hydroxyl groups is 2. The molecule has 0 bridgehead atoms. The van der Waals surface area contributed by atoms with E-state index >= 15 is 0 Å². The molecule has 3 heteroatoms. The zero-order valence-corrected chi connectivity index (χ0v) is 18.9. The summed E-state index contributed by atoms with van der Waals surface area (Å²) in [5, 5.41) is 22.9. The minimum atomic E-state index is -0.536. The molecule has 0 amide bonds. The Kier molecular flexibility index (Phi) is 5.20. The molecule has 1 saturated heterocycles. The highest BCUT2D eigenvalue weighted by molar-refractivity contribution is 5.25. The van der Waals surface area contributed by atoms with Crippen molar-refractivity contribution in [3.05, 3.63) is 11.6 Å². The third-order valence-electron chi connectivity index (χ3n) is 10.8. The van der Waals surface area contributed by atoms with Crippen LogP contribution in [0.5, 0.6) is 0 Å². The van der Waals surface area contributed by atoms with Crippen LogP contribution in [0.15, 0.2) is 11.6 Å². The maximum atomic E-state index is 11.5. The molecule has 9 atom stereocenters. The van der Waals surface area contributed by atoms with Crippen molar-refractivity contribution in [2.24, 2.45) is 34.5 Å². The number of rotatable bonds is 1. The van der Waals surface area contributed by atoms with Gasteiger partial charge in [-0.2, -0.15) is 0 Å². The van der Waals surface area contributed by atoms with Crippen molar-refractivity contribution >= 4 is 0 Å². The molecule has 5 unspecified atom stereocenters. The molecule has 5 rings (SSSR count). The molecule has 29 heavy (non-hydrogen) atoms. The summed E-state index contributed by atoms with van der Waals surface area (Å²) >= 11 is 0. The number of likely N-dealkylation sites (tertiary alicyclic amines) is 1. The summed E-state index contributed by atoms with van der Waals surface area (Å²) < 4.78 is 0. The van der Waals surface area contributed by atoms with E-state index in [4.69, 9.17) is 0 Å². The smallest absolute Gasteiger partial charge is 0.0836 e. The standard InChI is InChI=1S/C26H43NO2/c1-4-17-8-9-19-22-20(11-13-25(17,19)2)26(3)12-10-18(27-14-6-5-7-15-27)16-21(26)23(28)24(22)29/h4,18-24,28-29H,5-16H2,1-3H3/t18?,19?,20?,21?,22?,23-,24-,25-,26-/m1/s1. The fourth-order valence-corrected chi connectivity index (χ4v) is 9.18. The zero-order valence-electron chi connectivity index (χ0n) is 18.9. The van der Waals surface area contributed by atoms with Crippen molar-refractivity contribution in [2.75, 3.05) is 13.1 Å². The van der Waals surface area contributed by atoms with E-state index in [1.54, 1.807) is 5.57 Å². The molecule has 2 N–H and O–H groups in total. The van der Waals surface area contributed by atoms with Gasteiger partial charge in [-0.1, -0.05) is 31.9 Å². The van der Waals surface area contributed by atoms with Gasteiger partial charge >= 0.3 is 0 Å². The third-order valence-corrected chi connectivity index (χ3v) is 10.8. The molecule has 0 spiro atoms. The normalized spacial score (nSPS) is 54.7. The predicted molar refractivity (Wildman–Crippen MR) is 117 cm³/mol. The first-order valence-electron chi connectivity index (χ1n) is 12.7. The van der Waals surface area contributed by atoms with E-state index in [9.17, 15) is 10.2 Å². The molecule has 1 aliphatic heterocycles. The molecule has 0 radical (unpaired) electrons. The molecule has 3 nitrogen and oxygen atoms in total. The van der Waals surface area contributed by atoms with Crippen LogP contribution >= 0.6 is 0 Å². The largest absolute Gasteiger partial charge is 0.390 e. The van der Waals surface area contributed by atoms with Gasteiger partial charge in [-0.15, -0.1) is 0 Å². The maximum absolute atomic E-state index is 11.5. The SMILES string of the molecule is CC=C1CCC2C3C(CC[C@]12C)[C@@]1(C)CCC(N2CCCCC2)CC1[C@@H](O)[C@@H]3O. The number of hydrogen-bond acceptors (Lipinski definition) is 3. The molecule has 164 valence electrons. The molecule has 4 saturated carbocycles. The monoisotopic (exact) mass is 401 g/mol. The summed E-state index contributed by atoms with van der Waals surface area (Å²) in [6.45, 7) is 9.62. The fourth-order valence-electron chi connectivity index (χ4n) is 9.18. The lowest BCUT2D eigenvalue weighted by Crippen LogP contribution is -2.64. The van der Waals surface area contributed by atoms with Gasteiger partial charge in [0.05, 0.1) is 12.2 Å².